The minimum Gasteiger partial charge on any atom is -0.330 e. The highest BCUT2D eigenvalue weighted by atomic mass is 35.5. The van der Waals surface area contributed by atoms with Crippen LogP contribution in [0.5, 0.6) is 0 Å². The summed E-state index contributed by atoms with van der Waals surface area (Å²) in [5.41, 5.74) is 6.69. The van der Waals surface area contributed by atoms with Crippen LogP contribution in [0.15, 0.2) is 18.2 Å². The summed E-state index contributed by atoms with van der Waals surface area (Å²) >= 11 is 0. The molecule has 4 nitrogen and oxygen atoms in total. The number of aryl methyl sites for hydroxylation is 1. The zero-order valence-corrected chi connectivity index (χ0v) is 12.4. The predicted octanol–water partition coefficient (Wildman–Crippen LogP) is 1.78. The molecule has 0 aliphatic carbocycles. The topological polar surface area (TPSA) is 58.4 Å². The van der Waals surface area contributed by atoms with E-state index in [0.717, 1.165) is 19.5 Å². The van der Waals surface area contributed by atoms with Gasteiger partial charge < -0.3 is 11.1 Å². The Labute approximate surface area is 124 Å². The van der Waals surface area contributed by atoms with Gasteiger partial charge in [-0.2, -0.15) is 0 Å². The zero-order chi connectivity index (χ0) is 13.8. The van der Waals surface area contributed by atoms with Gasteiger partial charge in [0.2, 0.25) is 5.91 Å². The lowest BCUT2D eigenvalue weighted by molar-refractivity contribution is -0.117. The van der Waals surface area contributed by atoms with E-state index >= 15 is 0 Å². The van der Waals surface area contributed by atoms with Gasteiger partial charge in [0, 0.05) is 12.2 Å². The Kier molecular flexibility index (Phi) is 6.39. The molecule has 6 heteroatoms. The van der Waals surface area contributed by atoms with Crippen LogP contribution in [0, 0.1) is 18.7 Å². The maximum atomic E-state index is 13.4. The number of nitrogens with one attached hydrogen (secondary N) is 1. The SMILES string of the molecule is Cc1ccc(NC(=O)CN2CCC(CN)C2)cc1F.Cl. The first-order valence-corrected chi connectivity index (χ1v) is 6.57. The van der Waals surface area contributed by atoms with E-state index in [1.807, 2.05) is 0 Å². The van der Waals surface area contributed by atoms with E-state index < -0.39 is 0 Å². The van der Waals surface area contributed by atoms with Crippen LogP contribution in [0.2, 0.25) is 0 Å². The smallest absolute Gasteiger partial charge is 0.238 e. The molecule has 1 aromatic rings. The molecule has 1 atom stereocenters. The van der Waals surface area contributed by atoms with Gasteiger partial charge in [0.25, 0.3) is 0 Å². The highest BCUT2D eigenvalue weighted by Gasteiger charge is 2.22. The van der Waals surface area contributed by atoms with Gasteiger partial charge in [-0.25, -0.2) is 4.39 Å². The van der Waals surface area contributed by atoms with Gasteiger partial charge >= 0.3 is 0 Å². The number of halogens is 2. The highest BCUT2D eigenvalue weighted by Crippen LogP contribution is 2.16. The Morgan fingerprint density at radius 2 is 2.30 bits per heavy atom. The highest BCUT2D eigenvalue weighted by molar-refractivity contribution is 5.92. The fourth-order valence-corrected chi connectivity index (χ4v) is 2.32. The zero-order valence-electron chi connectivity index (χ0n) is 11.6. The molecule has 1 aliphatic heterocycles. The summed E-state index contributed by atoms with van der Waals surface area (Å²) in [7, 11) is 0. The number of nitrogens with two attached hydrogens (primary N) is 1. The first-order valence-electron chi connectivity index (χ1n) is 6.57. The number of hydrogen-bond donors (Lipinski definition) is 2. The number of rotatable bonds is 4. The third kappa shape index (κ3) is 4.44. The van der Waals surface area contributed by atoms with Gasteiger partial charge in [0.1, 0.15) is 5.82 Å². The van der Waals surface area contributed by atoms with Crippen molar-refractivity contribution in [1.29, 1.82) is 0 Å². The van der Waals surface area contributed by atoms with Crippen molar-refractivity contribution in [3.8, 4) is 0 Å². The molecule has 1 saturated heterocycles. The lowest BCUT2D eigenvalue weighted by atomic mass is 10.1. The number of carbonyl (C=O) groups excluding carboxylic acids is 1. The monoisotopic (exact) mass is 301 g/mol. The molecule has 0 aromatic heterocycles. The first-order chi connectivity index (χ1) is 9.08. The molecule has 112 valence electrons. The third-order valence-electron chi connectivity index (χ3n) is 3.53. The van der Waals surface area contributed by atoms with E-state index in [4.69, 9.17) is 5.73 Å². The second kappa shape index (κ2) is 7.57. The van der Waals surface area contributed by atoms with Crippen LogP contribution in [0.3, 0.4) is 0 Å². The van der Waals surface area contributed by atoms with Crippen molar-refractivity contribution in [3.63, 3.8) is 0 Å². The van der Waals surface area contributed by atoms with Crippen molar-refractivity contribution in [2.24, 2.45) is 11.7 Å². The third-order valence-corrected chi connectivity index (χ3v) is 3.53. The standard InChI is InChI=1S/C14H20FN3O.ClH/c1-10-2-3-12(6-13(10)15)17-14(19)9-18-5-4-11(7-16)8-18;/h2-3,6,11H,4-5,7-9,16H2,1H3,(H,17,19);1H. The van der Waals surface area contributed by atoms with Gasteiger partial charge in [0.05, 0.1) is 6.54 Å². The van der Waals surface area contributed by atoms with E-state index in [1.54, 1.807) is 19.1 Å². The molecule has 1 amide bonds. The number of anilines is 1. The van der Waals surface area contributed by atoms with Crippen molar-refractivity contribution in [1.82, 2.24) is 4.90 Å². The van der Waals surface area contributed by atoms with Crippen molar-refractivity contribution in [2.45, 2.75) is 13.3 Å². The molecule has 1 heterocycles. The van der Waals surface area contributed by atoms with Crippen LogP contribution < -0.4 is 11.1 Å². The minimum absolute atomic E-state index is 0. The van der Waals surface area contributed by atoms with Crippen molar-refractivity contribution >= 4 is 24.0 Å². The molecule has 20 heavy (non-hydrogen) atoms. The number of hydrogen-bond acceptors (Lipinski definition) is 3. The number of carbonyl (C=O) groups is 1. The van der Waals surface area contributed by atoms with Crippen molar-refractivity contribution in [2.75, 3.05) is 31.5 Å². The summed E-state index contributed by atoms with van der Waals surface area (Å²) in [6.07, 6.45) is 1.04. The molecule has 0 radical (unpaired) electrons. The quantitative estimate of drug-likeness (QED) is 0.891. The average molecular weight is 302 g/mol. The maximum Gasteiger partial charge on any atom is 0.238 e. The van der Waals surface area contributed by atoms with Crippen LogP contribution >= 0.6 is 12.4 Å². The summed E-state index contributed by atoms with van der Waals surface area (Å²) in [5, 5.41) is 2.72. The minimum atomic E-state index is -0.304. The summed E-state index contributed by atoms with van der Waals surface area (Å²) < 4.78 is 13.4. The van der Waals surface area contributed by atoms with Gasteiger partial charge in [-0.15, -0.1) is 12.4 Å². The second-order valence-electron chi connectivity index (χ2n) is 5.14. The summed E-state index contributed by atoms with van der Waals surface area (Å²) in [5.74, 6) is 0.0766. The molecule has 0 spiro atoms. The molecule has 3 N–H and O–H groups in total. The largest absolute Gasteiger partial charge is 0.330 e. The van der Waals surface area contributed by atoms with Crippen LogP contribution in [0.4, 0.5) is 10.1 Å². The molecular formula is C14H21ClFN3O. The van der Waals surface area contributed by atoms with Crippen LogP contribution in [0.25, 0.3) is 0 Å². The van der Waals surface area contributed by atoms with Crippen LogP contribution in [-0.4, -0.2) is 37.0 Å². The average Bonchev–Trinajstić information content (AvgIpc) is 2.81. The van der Waals surface area contributed by atoms with Crippen molar-refractivity contribution in [3.05, 3.63) is 29.6 Å². The molecule has 1 aliphatic rings. The summed E-state index contributed by atoms with van der Waals surface area (Å²) in [6, 6.07) is 4.72. The van der Waals surface area contributed by atoms with E-state index in [9.17, 15) is 9.18 Å². The van der Waals surface area contributed by atoms with Gasteiger partial charge in [-0.1, -0.05) is 6.07 Å². The van der Waals surface area contributed by atoms with Crippen LogP contribution in [0.1, 0.15) is 12.0 Å². The number of nitrogens with zero attached hydrogens (tertiary/aromatic N) is 1. The van der Waals surface area contributed by atoms with Gasteiger partial charge in [-0.3, -0.25) is 9.69 Å². The van der Waals surface area contributed by atoms with Gasteiger partial charge in [0.15, 0.2) is 0 Å². The van der Waals surface area contributed by atoms with E-state index in [-0.39, 0.29) is 24.1 Å². The normalized spacial score (nSPS) is 18.6. The molecular weight excluding hydrogens is 281 g/mol. The Hall–Kier alpha value is -1.17. The van der Waals surface area contributed by atoms with Gasteiger partial charge in [-0.05, 0) is 50.0 Å². The molecule has 1 aromatic carbocycles. The first kappa shape index (κ1) is 16.9. The molecule has 1 unspecified atom stereocenters. The maximum absolute atomic E-state index is 13.4. The molecule has 1 fully saturated rings. The number of amides is 1. The fourth-order valence-electron chi connectivity index (χ4n) is 2.32. The Morgan fingerprint density at radius 3 is 2.90 bits per heavy atom. The second-order valence-corrected chi connectivity index (χ2v) is 5.14. The molecule has 2 rings (SSSR count). The number of likely N-dealkylation sites (tertiary alicyclic amines) is 1. The Balaban J connectivity index is 0.00000200. The lowest BCUT2D eigenvalue weighted by Crippen LogP contribution is -2.32. The van der Waals surface area contributed by atoms with E-state index in [0.29, 0.717) is 30.3 Å². The molecule has 0 saturated carbocycles. The van der Waals surface area contributed by atoms with E-state index in [2.05, 4.69) is 10.2 Å². The lowest BCUT2D eigenvalue weighted by Gasteiger charge is -2.15. The summed E-state index contributed by atoms with van der Waals surface area (Å²) in [4.78, 5) is 13.9. The Bertz CT molecular complexity index is 470. The Morgan fingerprint density at radius 1 is 1.55 bits per heavy atom. The van der Waals surface area contributed by atoms with Crippen LogP contribution in [-0.2, 0) is 4.79 Å². The number of benzene rings is 1. The predicted molar refractivity (Wildman–Crippen MR) is 80.6 cm³/mol. The fraction of sp³-hybridized carbons (Fsp3) is 0.500. The summed E-state index contributed by atoms with van der Waals surface area (Å²) in [6.45, 7) is 4.47. The van der Waals surface area contributed by atoms with Crippen molar-refractivity contribution < 1.29 is 9.18 Å². The molecule has 0 bridgehead atoms. The van der Waals surface area contributed by atoms with E-state index in [1.165, 1.54) is 6.07 Å².